The minimum absolute atomic E-state index is 0.0133. The smallest absolute Gasteiger partial charge is 0.357 e. The Labute approximate surface area is 202 Å². The van der Waals surface area contributed by atoms with Crippen LogP contribution < -0.4 is 9.47 Å². The number of aromatic nitrogens is 2. The Bertz CT molecular complexity index is 1350. The first-order valence-corrected chi connectivity index (χ1v) is 10.8. The molecule has 0 spiro atoms. The minimum atomic E-state index is -0.720. The number of hydrogen-bond acceptors (Lipinski definition) is 7. The average Bonchev–Trinajstić information content (AvgIpc) is 3.32. The average molecular weight is 472 g/mol. The van der Waals surface area contributed by atoms with Gasteiger partial charge in [-0.05, 0) is 42.0 Å². The number of benzene rings is 3. The highest BCUT2D eigenvalue weighted by Crippen LogP contribution is 2.35. The number of para-hydroxylation sites is 2. The molecule has 0 aliphatic carbocycles. The third-order valence-electron chi connectivity index (χ3n) is 5.33. The molecule has 0 saturated carbocycles. The quantitative estimate of drug-likeness (QED) is 0.344. The second-order valence-electron chi connectivity index (χ2n) is 7.44. The molecule has 1 aromatic heterocycles. The van der Waals surface area contributed by atoms with Crippen molar-refractivity contribution in [3.63, 3.8) is 0 Å². The van der Waals surface area contributed by atoms with E-state index in [2.05, 4.69) is 5.10 Å². The van der Waals surface area contributed by atoms with E-state index >= 15 is 0 Å². The predicted octanol–water partition coefficient (Wildman–Crippen LogP) is 4.70. The van der Waals surface area contributed by atoms with Crippen molar-refractivity contribution in [3.05, 3.63) is 95.7 Å². The summed E-state index contributed by atoms with van der Waals surface area (Å²) in [6.45, 7) is 0.255. The lowest BCUT2D eigenvalue weighted by Gasteiger charge is -2.12. The maximum absolute atomic E-state index is 12.9. The number of methoxy groups -OCH3 is 3. The van der Waals surface area contributed by atoms with Gasteiger partial charge in [-0.3, -0.25) is 0 Å². The van der Waals surface area contributed by atoms with Crippen LogP contribution in [0.4, 0.5) is 0 Å². The summed E-state index contributed by atoms with van der Waals surface area (Å²) in [6.07, 6.45) is 0. The van der Waals surface area contributed by atoms with Gasteiger partial charge in [0.15, 0.2) is 5.69 Å². The first kappa shape index (κ1) is 23.6. The van der Waals surface area contributed by atoms with Crippen molar-refractivity contribution in [1.82, 2.24) is 9.78 Å². The SMILES string of the molecule is COC(=O)c1c(-c2ccccc2OCc2cccc(OC)c2)nn(-c2ccccc2)c1C(=O)OC. The fourth-order valence-electron chi connectivity index (χ4n) is 3.65. The van der Waals surface area contributed by atoms with Crippen LogP contribution in [-0.2, 0) is 16.1 Å². The van der Waals surface area contributed by atoms with Gasteiger partial charge in [0.2, 0.25) is 0 Å². The van der Waals surface area contributed by atoms with Gasteiger partial charge in [-0.25, -0.2) is 14.3 Å². The van der Waals surface area contributed by atoms with E-state index in [1.54, 1.807) is 49.6 Å². The first-order chi connectivity index (χ1) is 17.1. The normalized spacial score (nSPS) is 10.5. The van der Waals surface area contributed by atoms with Crippen LogP contribution in [0.25, 0.3) is 16.9 Å². The van der Waals surface area contributed by atoms with Gasteiger partial charge in [0.1, 0.15) is 29.4 Å². The van der Waals surface area contributed by atoms with Crippen LogP contribution in [0.2, 0.25) is 0 Å². The number of ether oxygens (including phenoxy) is 4. The van der Waals surface area contributed by atoms with Crippen molar-refractivity contribution in [2.75, 3.05) is 21.3 Å². The summed E-state index contributed by atoms with van der Waals surface area (Å²) in [7, 11) is 4.10. The Kier molecular flexibility index (Phi) is 7.11. The summed E-state index contributed by atoms with van der Waals surface area (Å²) in [5.41, 5.74) is 2.19. The minimum Gasteiger partial charge on any atom is -0.497 e. The lowest BCUT2D eigenvalue weighted by Crippen LogP contribution is -2.15. The fraction of sp³-hybridized carbons (Fsp3) is 0.148. The van der Waals surface area contributed by atoms with Gasteiger partial charge >= 0.3 is 11.9 Å². The lowest BCUT2D eigenvalue weighted by molar-refractivity contribution is 0.0549. The van der Waals surface area contributed by atoms with Gasteiger partial charge in [0.25, 0.3) is 0 Å². The van der Waals surface area contributed by atoms with Gasteiger partial charge in [-0.15, -0.1) is 0 Å². The third kappa shape index (κ3) is 4.86. The van der Waals surface area contributed by atoms with E-state index in [0.29, 0.717) is 17.0 Å². The summed E-state index contributed by atoms with van der Waals surface area (Å²) in [5, 5.41) is 4.65. The highest BCUT2D eigenvalue weighted by Gasteiger charge is 2.32. The molecule has 35 heavy (non-hydrogen) atoms. The summed E-state index contributed by atoms with van der Waals surface area (Å²) in [4.78, 5) is 25.7. The monoisotopic (exact) mass is 472 g/mol. The van der Waals surface area contributed by atoms with Gasteiger partial charge in [0.05, 0.1) is 27.0 Å². The van der Waals surface area contributed by atoms with Crippen LogP contribution in [0.5, 0.6) is 11.5 Å². The Morgan fingerprint density at radius 2 is 1.54 bits per heavy atom. The van der Waals surface area contributed by atoms with Crippen molar-refractivity contribution < 1.29 is 28.5 Å². The lowest BCUT2D eigenvalue weighted by atomic mass is 10.0. The van der Waals surface area contributed by atoms with Gasteiger partial charge in [0, 0.05) is 5.56 Å². The molecule has 178 valence electrons. The zero-order chi connectivity index (χ0) is 24.8. The molecule has 8 heteroatoms. The zero-order valence-electron chi connectivity index (χ0n) is 19.6. The molecule has 4 rings (SSSR count). The van der Waals surface area contributed by atoms with Crippen molar-refractivity contribution in [2.24, 2.45) is 0 Å². The Morgan fingerprint density at radius 3 is 2.26 bits per heavy atom. The highest BCUT2D eigenvalue weighted by molar-refractivity contribution is 6.07. The molecule has 1 heterocycles. The topological polar surface area (TPSA) is 88.9 Å². The molecule has 0 saturated heterocycles. The van der Waals surface area contributed by atoms with Gasteiger partial charge < -0.3 is 18.9 Å². The Balaban J connectivity index is 1.84. The Hall–Kier alpha value is -4.59. The van der Waals surface area contributed by atoms with Crippen molar-refractivity contribution in [1.29, 1.82) is 0 Å². The molecule has 0 unspecified atom stereocenters. The maximum Gasteiger partial charge on any atom is 0.357 e. The van der Waals surface area contributed by atoms with Gasteiger partial charge in [-0.1, -0.05) is 42.5 Å². The number of nitrogens with zero attached hydrogens (tertiary/aromatic N) is 2. The van der Waals surface area contributed by atoms with Crippen LogP contribution >= 0.6 is 0 Å². The standard InChI is InChI=1S/C27H24N2O6/c1-32-20-13-9-10-18(16-20)17-35-22-15-8-7-14-21(22)24-23(26(30)33-2)25(27(31)34-3)29(28-24)19-11-5-4-6-12-19/h4-16H,17H2,1-3H3. The number of rotatable bonds is 8. The molecule has 3 aromatic carbocycles. The van der Waals surface area contributed by atoms with Crippen molar-refractivity contribution in [2.45, 2.75) is 6.61 Å². The number of carbonyl (C=O) groups is 2. The third-order valence-corrected chi connectivity index (χ3v) is 5.33. The van der Waals surface area contributed by atoms with Crippen LogP contribution in [0.15, 0.2) is 78.9 Å². The van der Waals surface area contributed by atoms with E-state index < -0.39 is 11.9 Å². The summed E-state index contributed by atoms with van der Waals surface area (Å²) in [5.74, 6) is -0.237. The molecule has 0 fully saturated rings. The predicted molar refractivity (Wildman–Crippen MR) is 129 cm³/mol. The molecular weight excluding hydrogens is 448 g/mol. The molecule has 0 atom stereocenters. The number of hydrogen-bond donors (Lipinski definition) is 0. The molecule has 0 N–H and O–H groups in total. The van der Waals surface area contributed by atoms with Crippen LogP contribution in [0, 0.1) is 0 Å². The maximum atomic E-state index is 12.9. The van der Waals surface area contributed by atoms with Crippen LogP contribution in [-0.4, -0.2) is 43.0 Å². The molecule has 4 aromatic rings. The second-order valence-corrected chi connectivity index (χ2v) is 7.44. The van der Waals surface area contributed by atoms with Crippen molar-refractivity contribution in [3.8, 4) is 28.4 Å². The first-order valence-electron chi connectivity index (χ1n) is 10.8. The zero-order valence-corrected chi connectivity index (χ0v) is 19.6. The summed E-state index contributed by atoms with van der Waals surface area (Å²) < 4.78 is 22.8. The van der Waals surface area contributed by atoms with Crippen LogP contribution in [0.1, 0.15) is 26.4 Å². The molecule has 0 amide bonds. The van der Waals surface area contributed by atoms with Crippen molar-refractivity contribution >= 4 is 11.9 Å². The second kappa shape index (κ2) is 10.6. The number of carbonyl (C=O) groups excluding carboxylic acids is 2. The molecule has 0 radical (unpaired) electrons. The molecule has 8 nitrogen and oxygen atoms in total. The van der Waals surface area contributed by atoms with Crippen LogP contribution in [0.3, 0.4) is 0 Å². The van der Waals surface area contributed by atoms with E-state index in [0.717, 1.165) is 11.3 Å². The van der Waals surface area contributed by atoms with E-state index in [-0.39, 0.29) is 23.6 Å². The van der Waals surface area contributed by atoms with E-state index in [1.165, 1.54) is 18.9 Å². The van der Waals surface area contributed by atoms with E-state index in [1.807, 2.05) is 36.4 Å². The molecule has 0 aliphatic rings. The van der Waals surface area contributed by atoms with Gasteiger partial charge in [-0.2, -0.15) is 5.10 Å². The highest BCUT2D eigenvalue weighted by atomic mass is 16.5. The molecular formula is C27H24N2O6. The molecule has 0 aliphatic heterocycles. The number of esters is 2. The van der Waals surface area contributed by atoms with E-state index in [4.69, 9.17) is 18.9 Å². The summed E-state index contributed by atoms with van der Waals surface area (Å²) >= 11 is 0. The van der Waals surface area contributed by atoms with E-state index in [9.17, 15) is 9.59 Å². The summed E-state index contributed by atoms with van der Waals surface area (Å²) in [6, 6.07) is 23.7. The fourth-order valence-corrected chi connectivity index (χ4v) is 3.65. The Morgan fingerprint density at radius 1 is 0.829 bits per heavy atom. The largest absolute Gasteiger partial charge is 0.497 e. The molecule has 0 bridgehead atoms.